The molecule has 3 aromatic rings. The van der Waals surface area contributed by atoms with Gasteiger partial charge in [0.25, 0.3) is 5.91 Å². The third-order valence-corrected chi connectivity index (χ3v) is 3.98. The predicted octanol–water partition coefficient (Wildman–Crippen LogP) is 5.01. The van der Waals surface area contributed by atoms with Crippen molar-refractivity contribution < 1.29 is 18.0 Å². The highest BCUT2D eigenvalue weighted by molar-refractivity contribution is 6.04. The van der Waals surface area contributed by atoms with Crippen molar-refractivity contribution in [2.24, 2.45) is 0 Å². The van der Waals surface area contributed by atoms with E-state index >= 15 is 0 Å². The van der Waals surface area contributed by atoms with Gasteiger partial charge in [-0.2, -0.15) is 0 Å². The zero-order valence-corrected chi connectivity index (χ0v) is 14.3. The van der Waals surface area contributed by atoms with E-state index in [0.29, 0.717) is 12.2 Å². The van der Waals surface area contributed by atoms with E-state index in [1.165, 1.54) is 18.2 Å². The summed E-state index contributed by atoms with van der Waals surface area (Å²) in [6.07, 6.45) is 0.745. The quantitative estimate of drug-likeness (QED) is 0.640. The van der Waals surface area contributed by atoms with Crippen molar-refractivity contribution in [3.8, 4) is 0 Å². The fraction of sp³-hybridized carbons (Fsp3) is 0.0952. The highest BCUT2D eigenvalue weighted by Crippen LogP contribution is 2.16. The number of halogens is 3. The van der Waals surface area contributed by atoms with Gasteiger partial charge in [0.15, 0.2) is 11.6 Å². The Morgan fingerprint density at radius 2 is 1.44 bits per heavy atom. The van der Waals surface area contributed by atoms with Crippen LogP contribution in [-0.2, 0) is 6.42 Å². The maximum atomic E-state index is 13.2. The van der Waals surface area contributed by atoms with Crippen LogP contribution in [0.5, 0.6) is 0 Å². The van der Waals surface area contributed by atoms with Gasteiger partial charge in [-0.05, 0) is 66.6 Å². The van der Waals surface area contributed by atoms with E-state index in [2.05, 4.69) is 10.6 Å². The molecule has 0 unspecified atom stereocenters. The van der Waals surface area contributed by atoms with Crippen molar-refractivity contribution in [2.45, 2.75) is 6.42 Å². The van der Waals surface area contributed by atoms with E-state index in [1.807, 2.05) is 0 Å². The first kappa shape index (κ1) is 18.5. The van der Waals surface area contributed by atoms with Crippen molar-refractivity contribution in [2.75, 3.05) is 17.2 Å². The van der Waals surface area contributed by atoms with Crippen molar-refractivity contribution in [1.82, 2.24) is 0 Å². The number of hydrogen-bond donors (Lipinski definition) is 2. The molecule has 3 nitrogen and oxygen atoms in total. The van der Waals surface area contributed by atoms with Crippen LogP contribution in [0.25, 0.3) is 0 Å². The molecule has 0 radical (unpaired) electrons. The molecule has 0 saturated heterocycles. The van der Waals surface area contributed by atoms with Gasteiger partial charge >= 0.3 is 0 Å². The van der Waals surface area contributed by atoms with Crippen molar-refractivity contribution in [3.05, 3.63) is 95.3 Å². The van der Waals surface area contributed by atoms with E-state index in [9.17, 15) is 18.0 Å². The molecule has 0 aromatic heterocycles. The molecule has 1 amide bonds. The van der Waals surface area contributed by atoms with Crippen LogP contribution in [0.15, 0.2) is 66.7 Å². The van der Waals surface area contributed by atoms with Gasteiger partial charge in [-0.15, -0.1) is 0 Å². The number of nitrogens with one attached hydrogen (secondary N) is 2. The Balaban J connectivity index is 1.52. The Hall–Kier alpha value is -3.28. The van der Waals surface area contributed by atoms with Crippen LogP contribution in [0.3, 0.4) is 0 Å². The lowest BCUT2D eigenvalue weighted by molar-refractivity contribution is 0.102. The first-order valence-corrected chi connectivity index (χ1v) is 8.36. The molecule has 3 rings (SSSR count). The Bertz CT molecular complexity index is 925. The minimum Gasteiger partial charge on any atom is -0.385 e. The highest BCUT2D eigenvalue weighted by atomic mass is 19.2. The molecule has 0 atom stereocenters. The fourth-order valence-electron chi connectivity index (χ4n) is 2.51. The van der Waals surface area contributed by atoms with E-state index in [-0.39, 0.29) is 11.4 Å². The lowest BCUT2D eigenvalue weighted by atomic mass is 10.1. The minimum atomic E-state index is -1.07. The molecule has 6 heteroatoms. The number of anilines is 2. The standard InChI is InChI=1S/C21H17F3N2O/c22-16-4-1-14(2-5-16)11-12-25-17-6-8-18(9-7-17)26-21(27)15-3-10-19(23)20(24)13-15/h1-10,13,25H,11-12H2,(H,26,27). The van der Waals surface area contributed by atoms with Crippen LogP contribution >= 0.6 is 0 Å². The second-order valence-corrected chi connectivity index (χ2v) is 5.96. The van der Waals surface area contributed by atoms with Crippen LogP contribution in [0, 0.1) is 17.5 Å². The molecule has 0 spiro atoms. The molecule has 138 valence electrons. The molecular formula is C21H17F3N2O. The Labute approximate surface area is 154 Å². The minimum absolute atomic E-state index is 0.0374. The zero-order chi connectivity index (χ0) is 19.2. The maximum absolute atomic E-state index is 13.2. The van der Waals surface area contributed by atoms with E-state index in [0.717, 1.165) is 29.8 Å². The van der Waals surface area contributed by atoms with E-state index in [1.54, 1.807) is 36.4 Å². The largest absolute Gasteiger partial charge is 0.385 e. The molecule has 3 aromatic carbocycles. The van der Waals surface area contributed by atoms with Gasteiger partial charge in [0, 0.05) is 23.5 Å². The van der Waals surface area contributed by atoms with Crippen LogP contribution in [0.2, 0.25) is 0 Å². The lowest BCUT2D eigenvalue weighted by Gasteiger charge is -2.09. The first-order chi connectivity index (χ1) is 13.0. The van der Waals surface area contributed by atoms with E-state index < -0.39 is 17.5 Å². The number of carbonyl (C=O) groups is 1. The monoisotopic (exact) mass is 370 g/mol. The Morgan fingerprint density at radius 1 is 0.778 bits per heavy atom. The number of amides is 1. The van der Waals surface area contributed by atoms with Crippen molar-refractivity contribution in [1.29, 1.82) is 0 Å². The van der Waals surface area contributed by atoms with Gasteiger partial charge in [-0.3, -0.25) is 4.79 Å². The fourth-order valence-corrected chi connectivity index (χ4v) is 2.51. The number of rotatable bonds is 6. The molecule has 0 aliphatic rings. The average molecular weight is 370 g/mol. The summed E-state index contributed by atoms with van der Waals surface area (Å²) < 4.78 is 39.0. The third kappa shape index (κ3) is 5.10. The van der Waals surface area contributed by atoms with Crippen LogP contribution in [0.1, 0.15) is 15.9 Å². The average Bonchev–Trinajstić information content (AvgIpc) is 2.67. The summed E-state index contributed by atoms with van der Waals surface area (Å²) in [6, 6.07) is 16.3. The zero-order valence-electron chi connectivity index (χ0n) is 14.3. The molecular weight excluding hydrogens is 353 g/mol. The first-order valence-electron chi connectivity index (χ1n) is 8.36. The molecule has 0 aliphatic carbocycles. The summed E-state index contributed by atoms with van der Waals surface area (Å²) in [5.41, 5.74) is 2.46. The van der Waals surface area contributed by atoms with Gasteiger partial charge in [-0.25, -0.2) is 13.2 Å². The van der Waals surface area contributed by atoms with Gasteiger partial charge in [0.2, 0.25) is 0 Å². The van der Waals surface area contributed by atoms with Gasteiger partial charge < -0.3 is 10.6 Å². The third-order valence-electron chi connectivity index (χ3n) is 3.98. The second kappa shape index (κ2) is 8.40. The highest BCUT2D eigenvalue weighted by Gasteiger charge is 2.10. The summed E-state index contributed by atoms with van der Waals surface area (Å²) >= 11 is 0. The van der Waals surface area contributed by atoms with Crippen LogP contribution in [0.4, 0.5) is 24.5 Å². The molecule has 0 heterocycles. The van der Waals surface area contributed by atoms with Crippen LogP contribution < -0.4 is 10.6 Å². The summed E-state index contributed by atoms with van der Waals surface area (Å²) in [4.78, 5) is 12.1. The summed E-state index contributed by atoms with van der Waals surface area (Å²) in [7, 11) is 0. The molecule has 0 saturated carbocycles. The summed E-state index contributed by atoms with van der Waals surface area (Å²) in [5.74, 6) is -2.84. The topological polar surface area (TPSA) is 41.1 Å². The summed E-state index contributed by atoms with van der Waals surface area (Å²) in [6.45, 7) is 0.673. The molecule has 2 N–H and O–H groups in total. The van der Waals surface area contributed by atoms with Crippen LogP contribution in [-0.4, -0.2) is 12.5 Å². The predicted molar refractivity (Wildman–Crippen MR) is 99.3 cm³/mol. The SMILES string of the molecule is O=C(Nc1ccc(NCCc2ccc(F)cc2)cc1)c1ccc(F)c(F)c1. The Morgan fingerprint density at radius 3 is 2.11 bits per heavy atom. The number of hydrogen-bond acceptors (Lipinski definition) is 2. The smallest absolute Gasteiger partial charge is 0.255 e. The summed E-state index contributed by atoms with van der Waals surface area (Å²) in [5, 5.41) is 5.86. The second-order valence-electron chi connectivity index (χ2n) is 5.96. The molecule has 0 aliphatic heterocycles. The number of carbonyl (C=O) groups excluding carboxylic acids is 1. The van der Waals surface area contributed by atoms with Gasteiger partial charge in [-0.1, -0.05) is 12.1 Å². The molecule has 27 heavy (non-hydrogen) atoms. The number of benzene rings is 3. The van der Waals surface area contributed by atoms with Crippen molar-refractivity contribution >= 4 is 17.3 Å². The molecule has 0 fully saturated rings. The normalized spacial score (nSPS) is 10.5. The molecule has 0 bridgehead atoms. The van der Waals surface area contributed by atoms with Crippen molar-refractivity contribution in [3.63, 3.8) is 0 Å². The lowest BCUT2D eigenvalue weighted by Crippen LogP contribution is -2.12. The van der Waals surface area contributed by atoms with E-state index in [4.69, 9.17) is 0 Å². The Kier molecular flexibility index (Phi) is 5.76. The van der Waals surface area contributed by atoms with Gasteiger partial charge in [0.1, 0.15) is 5.82 Å². The van der Waals surface area contributed by atoms with Gasteiger partial charge in [0.05, 0.1) is 0 Å². The maximum Gasteiger partial charge on any atom is 0.255 e.